The van der Waals surface area contributed by atoms with Gasteiger partial charge >= 0.3 is 0 Å². The highest BCUT2D eigenvalue weighted by atomic mass is 79.9. The van der Waals surface area contributed by atoms with Crippen molar-refractivity contribution in [3.63, 3.8) is 0 Å². The molecular formula is C7H6BrFO3S. The van der Waals surface area contributed by atoms with Crippen LogP contribution in [-0.4, -0.2) is 13.0 Å². The number of benzene rings is 1. The zero-order valence-electron chi connectivity index (χ0n) is 6.58. The van der Waals surface area contributed by atoms with Crippen molar-refractivity contribution in [1.29, 1.82) is 0 Å². The Hall–Kier alpha value is -0.460. The number of rotatable bonds is 1. The van der Waals surface area contributed by atoms with E-state index >= 15 is 0 Å². The lowest BCUT2D eigenvalue weighted by atomic mass is 10.2. The summed E-state index contributed by atoms with van der Waals surface area (Å²) in [4.78, 5) is -0.291. The normalized spacial score (nSPS) is 11.7. The minimum Gasteiger partial charge on any atom is -0.282 e. The standard InChI is InChI=1S/C7H6BrFO3S/c1-4-6(13(10,11)12)3-2-5(9)7(4)8/h2-3H,1H3,(H,10,11,12). The number of hydrogen-bond donors (Lipinski definition) is 1. The highest BCUT2D eigenvalue weighted by Gasteiger charge is 2.16. The van der Waals surface area contributed by atoms with Crippen LogP contribution in [0.15, 0.2) is 21.5 Å². The Kier molecular flexibility index (Phi) is 2.74. The molecule has 1 rings (SSSR count). The van der Waals surface area contributed by atoms with Gasteiger partial charge in [-0.1, -0.05) is 0 Å². The molecule has 0 heterocycles. The first-order valence-corrected chi connectivity index (χ1v) is 5.49. The van der Waals surface area contributed by atoms with E-state index < -0.39 is 15.9 Å². The molecule has 0 amide bonds. The summed E-state index contributed by atoms with van der Waals surface area (Å²) < 4.78 is 43.0. The summed E-state index contributed by atoms with van der Waals surface area (Å²) in [6.45, 7) is 1.40. The van der Waals surface area contributed by atoms with Crippen molar-refractivity contribution in [2.45, 2.75) is 11.8 Å². The summed E-state index contributed by atoms with van der Waals surface area (Å²) >= 11 is 2.87. The topological polar surface area (TPSA) is 54.4 Å². The Morgan fingerprint density at radius 3 is 2.46 bits per heavy atom. The lowest BCUT2D eigenvalue weighted by Crippen LogP contribution is -2.02. The molecule has 3 nitrogen and oxygen atoms in total. The van der Waals surface area contributed by atoms with Crippen molar-refractivity contribution in [3.05, 3.63) is 28.0 Å². The first-order chi connectivity index (χ1) is 5.84. The molecule has 0 aliphatic rings. The predicted molar refractivity (Wildman–Crippen MR) is 48.7 cm³/mol. The summed E-state index contributed by atoms with van der Waals surface area (Å²) in [5, 5.41) is 0. The maximum absolute atomic E-state index is 12.8. The molecule has 0 fully saturated rings. The van der Waals surface area contributed by atoms with Crippen LogP contribution >= 0.6 is 15.9 Å². The monoisotopic (exact) mass is 268 g/mol. The van der Waals surface area contributed by atoms with Gasteiger partial charge in [-0.05, 0) is 40.5 Å². The summed E-state index contributed by atoms with van der Waals surface area (Å²) in [5.74, 6) is -0.565. The SMILES string of the molecule is Cc1c(S(=O)(=O)O)ccc(F)c1Br. The van der Waals surface area contributed by atoms with Crippen LogP contribution in [0.2, 0.25) is 0 Å². The third kappa shape index (κ3) is 2.07. The van der Waals surface area contributed by atoms with Gasteiger partial charge < -0.3 is 0 Å². The molecule has 0 aliphatic heterocycles. The Labute approximate surface area is 83.5 Å². The second-order valence-corrected chi connectivity index (χ2v) is 4.64. The minimum absolute atomic E-state index is 0.0441. The molecule has 0 atom stereocenters. The quantitative estimate of drug-likeness (QED) is 0.795. The third-order valence-electron chi connectivity index (χ3n) is 1.57. The molecule has 6 heteroatoms. The largest absolute Gasteiger partial charge is 0.294 e. The number of hydrogen-bond acceptors (Lipinski definition) is 2. The van der Waals surface area contributed by atoms with E-state index in [0.29, 0.717) is 0 Å². The summed E-state index contributed by atoms with van der Waals surface area (Å²) in [5.41, 5.74) is 0.155. The molecule has 1 aromatic carbocycles. The Balaban J connectivity index is 3.53. The van der Waals surface area contributed by atoms with E-state index in [1.807, 2.05) is 0 Å². The molecule has 0 aliphatic carbocycles. The van der Waals surface area contributed by atoms with E-state index in [9.17, 15) is 12.8 Å². The van der Waals surface area contributed by atoms with Gasteiger partial charge in [-0.15, -0.1) is 0 Å². The molecule has 0 saturated heterocycles. The summed E-state index contributed by atoms with van der Waals surface area (Å²) in [6, 6.07) is 1.99. The Morgan fingerprint density at radius 1 is 1.46 bits per heavy atom. The molecule has 0 saturated carbocycles. The van der Waals surface area contributed by atoms with Crippen molar-refractivity contribution >= 4 is 26.0 Å². The molecular weight excluding hydrogens is 263 g/mol. The Bertz CT molecular complexity index is 441. The van der Waals surface area contributed by atoms with Gasteiger partial charge in [-0.2, -0.15) is 8.42 Å². The minimum atomic E-state index is -4.27. The fourth-order valence-electron chi connectivity index (χ4n) is 0.914. The molecule has 0 aromatic heterocycles. The van der Waals surface area contributed by atoms with Crippen LogP contribution in [0.5, 0.6) is 0 Å². The smallest absolute Gasteiger partial charge is 0.282 e. The van der Waals surface area contributed by atoms with E-state index in [1.165, 1.54) is 6.92 Å². The zero-order chi connectivity index (χ0) is 10.2. The molecule has 72 valence electrons. The molecule has 0 unspecified atom stereocenters. The van der Waals surface area contributed by atoms with Crippen molar-refractivity contribution in [2.24, 2.45) is 0 Å². The predicted octanol–water partition coefficient (Wildman–Crippen LogP) is 2.14. The van der Waals surface area contributed by atoms with Crippen LogP contribution in [-0.2, 0) is 10.1 Å². The van der Waals surface area contributed by atoms with Gasteiger partial charge in [0.05, 0.1) is 9.37 Å². The van der Waals surface area contributed by atoms with Crippen LogP contribution < -0.4 is 0 Å². The lowest BCUT2D eigenvalue weighted by molar-refractivity contribution is 0.482. The fraction of sp³-hybridized carbons (Fsp3) is 0.143. The second kappa shape index (κ2) is 3.36. The highest BCUT2D eigenvalue weighted by Crippen LogP contribution is 2.25. The van der Waals surface area contributed by atoms with Crippen molar-refractivity contribution in [1.82, 2.24) is 0 Å². The van der Waals surface area contributed by atoms with Gasteiger partial charge in [-0.3, -0.25) is 4.55 Å². The highest BCUT2D eigenvalue weighted by molar-refractivity contribution is 9.10. The van der Waals surface area contributed by atoms with Crippen LogP contribution in [0.4, 0.5) is 4.39 Å². The van der Waals surface area contributed by atoms with Gasteiger partial charge in [0.1, 0.15) is 5.82 Å². The average molecular weight is 269 g/mol. The van der Waals surface area contributed by atoms with E-state index in [4.69, 9.17) is 4.55 Å². The van der Waals surface area contributed by atoms with Crippen molar-refractivity contribution in [2.75, 3.05) is 0 Å². The van der Waals surface area contributed by atoms with Crippen LogP contribution in [0, 0.1) is 12.7 Å². The Morgan fingerprint density at radius 2 is 2.00 bits per heavy atom. The van der Waals surface area contributed by atoms with Crippen LogP contribution in [0.1, 0.15) is 5.56 Å². The molecule has 0 radical (unpaired) electrons. The van der Waals surface area contributed by atoms with Crippen molar-refractivity contribution < 1.29 is 17.4 Å². The first-order valence-electron chi connectivity index (χ1n) is 3.26. The van der Waals surface area contributed by atoms with E-state index in [1.54, 1.807) is 0 Å². The van der Waals surface area contributed by atoms with Gasteiger partial charge in [0, 0.05) is 0 Å². The zero-order valence-corrected chi connectivity index (χ0v) is 8.99. The summed E-state index contributed by atoms with van der Waals surface area (Å²) in [6.07, 6.45) is 0. The third-order valence-corrected chi connectivity index (χ3v) is 3.54. The van der Waals surface area contributed by atoms with Crippen LogP contribution in [0.25, 0.3) is 0 Å². The first kappa shape index (κ1) is 10.6. The maximum Gasteiger partial charge on any atom is 0.294 e. The fourth-order valence-corrected chi connectivity index (χ4v) is 2.12. The molecule has 1 N–H and O–H groups in total. The van der Waals surface area contributed by atoms with Crippen LogP contribution in [0.3, 0.4) is 0 Å². The van der Waals surface area contributed by atoms with E-state index in [-0.39, 0.29) is 14.9 Å². The van der Waals surface area contributed by atoms with Gasteiger partial charge in [-0.25, -0.2) is 4.39 Å². The van der Waals surface area contributed by atoms with E-state index in [2.05, 4.69) is 15.9 Å². The average Bonchev–Trinajstić information content (AvgIpc) is 1.98. The molecule has 0 bridgehead atoms. The second-order valence-electron chi connectivity index (χ2n) is 2.46. The molecule has 1 aromatic rings. The van der Waals surface area contributed by atoms with Gasteiger partial charge in [0.25, 0.3) is 10.1 Å². The maximum atomic E-state index is 12.8. The molecule has 0 spiro atoms. The lowest BCUT2D eigenvalue weighted by Gasteiger charge is -2.04. The molecule has 13 heavy (non-hydrogen) atoms. The summed E-state index contributed by atoms with van der Waals surface area (Å²) in [7, 11) is -4.27. The van der Waals surface area contributed by atoms with Crippen molar-refractivity contribution in [3.8, 4) is 0 Å². The van der Waals surface area contributed by atoms with E-state index in [0.717, 1.165) is 12.1 Å². The van der Waals surface area contributed by atoms with Gasteiger partial charge in [0.2, 0.25) is 0 Å². The van der Waals surface area contributed by atoms with Gasteiger partial charge in [0.15, 0.2) is 0 Å². The number of halogens is 2.